The Hall–Kier alpha value is -3.12. The lowest BCUT2D eigenvalue weighted by molar-refractivity contribution is -0.121. The molecule has 31 heavy (non-hydrogen) atoms. The first kappa shape index (κ1) is 22.6. The van der Waals surface area contributed by atoms with Crippen molar-refractivity contribution in [3.63, 3.8) is 0 Å². The molecule has 3 rings (SSSR count). The molecule has 6 heteroatoms. The van der Waals surface area contributed by atoms with Crippen molar-refractivity contribution in [3.8, 4) is 5.75 Å². The van der Waals surface area contributed by atoms with Gasteiger partial charge in [-0.3, -0.25) is 14.5 Å². The summed E-state index contributed by atoms with van der Waals surface area (Å²) in [5.41, 5.74) is 2.67. The molecular weight excluding hydrogens is 390 g/mol. The fourth-order valence-corrected chi connectivity index (χ4v) is 3.47. The molecule has 0 unspecified atom stereocenters. The number of benzene rings is 2. The van der Waals surface area contributed by atoms with Gasteiger partial charge in [-0.15, -0.1) is 0 Å². The third-order valence-corrected chi connectivity index (χ3v) is 5.13. The SMILES string of the molecule is Cc1ccc2c(c1)C(=O)NCCN(C/C=C/c1ccccc1)CCCC(=O)NCCO2. The Labute approximate surface area is 184 Å². The maximum absolute atomic E-state index is 12.8. The number of carbonyl (C=O) groups excluding carboxylic acids is 2. The number of hydrogen-bond donors (Lipinski definition) is 2. The van der Waals surface area contributed by atoms with Gasteiger partial charge in [-0.25, -0.2) is 0 Å². The molecule has 1 aliphatic heterocycles. The van der Waals surface area contributed by atoms with Crippen LogP contribution in [0.5, 0.6) is 5.75 Å². The van der Waals surface area contributed by atoms with Gasteiger partial charge >= 0.3 is 0 Å². The normalized spacial score (nSPS) is 17.1. The lowest BCUT2D eigenvalue weighted by Crippen LogP contribution is -2.36. The van der Waals surface area contributed by atoms with Gasteiger partial charge in [-0.05, 0) is 37.6 Å². The van der Waals surface area contributed by atoms with E-state index in [1.807, 2.05) is 43.3 Å². The maximum atomic E-state index is 12.8. The molecule has 0 radical (unpaired) electrons. The Morgan fingerprint density at radius 3 is 2.71 bits per heavy atom. The van der Waals surface area contributed by atoms with Crippen molar-refractivity contribution in [2.75, 3.05) is 39.3 Å². The molecule has 0 bridgehead atoms. The zero-order chi connectivity index (χ0) is 21.9. The van der Waals surface area contributed by atoms with Gasteiger partial charge in [0.2, 0.25) is 5.91 Å². The molecule has 2 amide bonds. The molecule has 0 saturated carbocycles. The fraction of sp³-hybridized carbons (Fsp3) is 0.360. The van der Waals surface area contributed by atoms with Crippen molar-refractivity contribution in [1.29, 1.82) is 0 Å². The number of aryl methyl sites for hydroxylation is 1. The van der Waals surface area contributed by atoms with E-state index in [4.69, 9.17) is 4.74 Å². The average molecular weight is 422 g/mol. The second-order valence-electron chi connectivity index (χ2n) is 7.67. The number of amides is 2. The summed E-state index contributed by atoms with van der Waals surface area (Å²) in [5.74, 6) is 0.420. The monoisotopic (exact) mass is 421 g/mol. The lowest BCUT2D eigenvalue weighted by Gasteiger charge is -2.21. The topological polar surface area (TPSA) is 70.7 Å². The summed E-state index contributed by atoms with van der Waals surface area (Å²) in [5, 5.41) is 5.90. The van der Waals surface area contributed by atoms with Crippen LogP contribution in [0.25, 0.3) is 6.08 Å². The van der Waals surface area contributed by atoms with Gasteiger partial charge in [0.15, 0.2) is 0 Å². The highest BCUT2D eigenvalue weighted by atomic mass is 16.5. The number of nitrogens with one attached hydrogen (secondary N) is 2. The average Bonchev–Trinajstić information content (AvgIpc) is 2.77. The third-order valence-electron chi connectivity index (χ3n) is 5.13. The van der Waals surface area contributed by atoms with Crippen LogP contribution in [-0.4, -0.2) is 56.0 Å². The minimum absolute atomic E-state index is 0.0246. The van der Waals surface area contributed by atoms with E-state index in [1.54, 1.807) is 0 Å². The predicted molar refractivity (Wildman–Crippen MR) is 123 cm³/mol. The summed E-state index contributed by atoms with van der Waals surface area (Å²) in [4.78, 5) is 27.1. The van der Waals surface area contributed by atoms with E-state index < -0.39 is 0 Å². The Morgan fingerprint density at radius 2 is 1.87 bits per heavy atom. The van der Waals surface area contributed by atoms with E-state index in [2.05, 4.69) is 39.8 Å². The fourth-order valence-electron chi connectivity index (χ4n) is 3.47. The van der Waals surface area contributed by atoms with Gasteiger partial charge in [-0.2, -0.15) is 0 Å². The van der Waals surface area contributed by atoms with Gasteiger partial charge < -0.3 is 15.4 Å². The molecule has 1 aliphatic rings. The van der Waals surface area contributed by atoms with Crippen molar-refractivity contribution < 1.29 is 14.3 Å². The number of fused-ring (bicyclic) bond motifs is 1. The van der Waals surface area contributed by atoms with E-state index >= 15 is 0 Å². The van der Waals surface area contributed by atoms with Crippen LogP contribution in [0.2, 0.25) is 0 Å². The lowest BCUT2D eigenvalue weighted by atomic mass is 10.1. The van der Waals surface area contributed by atoms with Crippen LogP contribution in [0.1, 0.15) is 34.3 Å². The summed E-state index contributed by atoms with van der Waals surface area (Å²) >= 11 is 0. The van der Waals surface area contributed by atoms with Crippen LogP contribution < -0.4 is 15.4 Å². The Balaban J connectivity index is 1.66. The zero-order valence-corrected chi connectivity index (χ0v) is 18.1. The smallest absolute Gasteiger partial charge is 0.255 e. The van der Waals surface area contributed by atoms with Crippen LogP contribution in [-0.2, 0) is 4.79 Å². The number of ether oxygens (including phenoxy) is 1. The second-order valence-corrected chi connectivity index (χ2v) is 7.67. The molecule has 2 aromatic carbocycles. The van der Waals surface area contributed by atoms with E-state index in [0.717, 1.165) is 30.6 Å². The molecule has 0 spiro atoms. The molecule has 164 valence electrons. The summed E-state index contributed by atoms with van der Waals surface area (Å²) in [7, 11) is 0. The summed E-state index contributed by atoms with van der Waals surface area (Å²) in [6.45, 7) is 5.46. The van der Waals surface area contributed by atoms with Crippen molar-refractivity contribution in [3.05, 3.63) is 71.3 Å². The zero-order valence-electron chi connectivity index (χ0n) is 18.1. The first-order chi connectivity index (χ1) is 15.1. The minimum Gasteiger partial charge on any atom is -0.491 e. The van der Waals surface area contributed by atoms with Gasteiger partial charge in [0.1, 0.15) is 12.4 Å². The number of nitrogens with zero attached hydrogens (tertiary/aromatic N) is 1. The predicted octanol–water partition coefficient (Wildman–Crippen LogP) is 3.03. The minimum atomic E-state index is -0.141. The van der Waals surface area contributed by atoms with E-state index in [-0.39, 0.29) is 11.8 Å². The van der Waals surface area contributed by atoms with Gasteiger partial charge in [0.25, 0.3) is 5.91 Å². The van der Waals surface area contributed by atoms with Crippen LogP contribution in [0.15, 0.2) is 54.6 Å². The largest absolute Gasteiger partial charge is 0.491 e. The second kappa shape index (κ2) is 11.9. The highest BCUT2D eigenvalue weighted by Crippen LogP contribution is 2.20. The standard InChI is InChI=1S/C25H31N3O3/c1-20-11-12-23-22(19-20)25(30)27-13-17-28(15-5-9-21-7-3-2-4-8-21)16-6-10-24(29)26-14-18-31-23/h2-5,7-9,11-12,19H,6,10,13-18H2,1H3,(H,26,29)(H,27,30)/b9-5+. The highest BCUT2D eigenvalue weighted by Gasteiger charge is 2.14. The highest BCUT2D eigenvalue weighted by molar-refractivity contribution is 5.97. The van der Waals surface area contributed by atoms with Crippen molar-refractivity contribution >= 4 is 17.9 Å². The van der Waals surface area contributed by atoms with Crippen LogP contribution >= 0.6 is 0 Å². The molecular formula is C25H31N3O3. The van der Waals surface area contributed by atoms with Crippen LogP contribution in [0.4, 0.5) is 0 Å². The summed E-state index contributed by atoms with van der Waals surface area (Å²) in [6.07, 6.45) is 5.45. The molecule has 0 saturated heterocycles. The summed E-state index contributed by atoms with van der Waals surface area (Å²) in [6, 6.07) is 15.7. The first-order valence-electron chi connectivity index (χ1n) is 10.8. The molecule has 0 aromatic heterocycles. The van der Waals surface area contributed by atoms with Crippen molar-refractivity contribution in [2.45, 2.75) is 19.8 Å². The molecule has 0 aliphatic carbocycles. The van der Waals surface area contributed by atoms with Crippen molar-refractivity contribution in [1.82, 2.24) is 15.5 Å². The summed E-state index contributed by atoms with van der Waals surface area (Å²) < 4.78 is 5.76. The van der Waals surface area contributed by atoms with Gasteiger partial charge in [0.05, 0.1) is 12.1 Å². The molecule has 6 nitrogen and oxygen atoms in total. The molecule has 2 aromatic rings. The number of rotatable bonds is 3. The van der Waals surface area contributed by atoms with Crippen LogP contribution in [0.3, 0.4) is 0 Å². The van der Waals surface area contributed by atoms with Gasteiger partial charge in [-0.1, -0.05) is 54.1 Å². The third kappa shape index (κ3) is 7.57. The molecule has 2 N–H and O–H groups in total. The van der Waals surface area contributed by atoms with E-state index in [0.29, 0.717) is 44.0 Å². The quantitative estimate of drug-likeness (QED) is 0.799. The molecule has 0 atom stereocenters. The Morgan fingerprint density at radius 1 is 1.03 bits per heavy atom. The number of hydrogen-bond acceptors (Lipinski definition) is 4. The van der Waals surface area contributed by atoms with E-state index in [9.17, 15) is 9.59 Å². The van der Waals surface area contributed by atoms with Gasteiger partial charge in [0, 0.05) is 26.1 Å². The molecule has 1 heterocycles. The van der Waals surface area contributed by atoms with E-state index in [1.165, 1.54) is 0 Å². The number of carbonyl (C=O) groups is 2. The Kier molecular flexibility index (Phi) is 8.67. The van der Waals surface area contributed by atoms with Crippen LogP contribution in [0, 0.1) is 6.92 Å². The Bertz CT molecular complexity index is 896. The molecule has 0 fully saturated rings. The first-order valence-corrected chi connectivity index (χ1v) is 10.8. The van der Waals surface area contributed by atoms with Crippen molar-refractivity contribution in [2.24, 2.45) is 0 Å². The maximum Gasteiger partial charge on any atom is 0.255 e.